The Bertz CT molecular complexity index is 750. The lowest BCUT2D eigenvalue weighted by atomic mass is 9.94. The molecular weight excluding hydrogens is 308 g/mol. The molecule has 0 radical (unpaired) electrons. The van der Waals surface area contributed by atoms with E-state index in [9.17, 15) is 0 Å². The molecule has 1 aromatic carbocycles. The molecule has 4 nitrogen and oxygen atoms in total. The first-order valence-corrected chi connectivity index (χ1v) is 9.59. The van der Waals surface area contributed by atoms with Crippen LogP contribution in [0.15, 0.2) is 41.7 Å². The van der Waals surface area contributed by atoms with Crippen molar-refractivity contribution in [3.63, 3.8) is 0 Å². The van der Waals surface area contributed by atoms with E-state index in [1.807, 2.05) is 12.3 Å². The highest BCUT2D eigenvalue weighted by Gasteiger charge is 2.20. The lowest BCUT2D eigenvalue weighted by Crippen LogP contribution is -2.37. The van der Waals surface area contributed by atoms with E-state index in [1.165, 1.54) is 31.4 Å². The largest absolute Gasteiger partial charge is 0.385 e. The predicted molar refractivity (Wildman–Crippen MR) is 106 cm³/mol. The number of hydrogen-bond donors (Lipinski definition) is 4. The zero-order valence-electron chi connectivity index (χ0n) is 15.4. The average molecular weight is 338 g/mol. The second kappa shape index (κ2) is 8.34. The standard InChI is InChI=1S/C21H30N4/c1-3-6-15(7-4-2)25-20-11-12-23-14-18(20)21(22)17-8-5-9-19-16(17)10-13-24-19/h5,8-10,13,15,22-25H,3-4,6-7,11-12,14H2,1-2H3. The summed E-state index contributed by atoms with van der Waals surface area (Å²) in [4.78, 5) is 3.25. The van der Waals surface area contributed by atoms with Crippen molar-refractivity contribution in [3.05, 3.63) is 47.3 Å². The highest BCUT2D eigenvalue weighted by molar-refractivity contribution is 6.17. The maximum absolute atomic E-state index is 8.87. The summed E-state index contributed by atoms with van der Waals surface area (Å²) in [5.74, 6) is 0. The summed E-state index contributed by atoms with van der Waals surface area (Å²) >= 11 is 0. The Hall–Kier alpha value is -2.07. The van der Waals surface area contributed by atoms with Gasteiger partial charge in [-0.1, -0.05) is 38.8 Å². The first-order valence-electron chi connectivity index (χ1n) is 9.59. The first-order chi connectivity index (χ1) is 12.2. The second-order valence-electron chi connectivity index (χ2n) is 6.92. The number of H-pyrrole nitrogens is 1. The molecule has 2 aromatic rings. The summed E-state index contributed by atoms with van der Waals surface area (Å²) in [7, 11) is 0. The Labute approximate surface area is 150 Å². The van der Waals surface area contributed by atoms with Crippen LogP contribution in [0.2, 0.25) is 0 Å². The molecule has 0 bridgehead atoms. The Morgan fingerprint density at radius 1 is 1.20 bits per heavy atom. The molecule has 1 aliphatic rings. The van der Waals surface area contributed by atoms with Gasteiger partial charge in [-0.25, -0.2) is 0 Å². The summed E-state index contributed by atoms with van der Waals surface area (Å²) in [6.07, 6.45) is 7.70. The predicted octanol–water partition coefficient (Wildman–Crippen LogP) is 4.34. The molecule has 4 N–H and O–H groups in total. The van der Waals surface area contributed by atoms with Crippen molar-refractivity contribution < 1.29 is 0 Å². The van der Waals surface area contributed by atoms with Crippen LogP contribution in [0.5, 0.6) is 0 Å². The van der Waals surface area contributed by atoms with Crippen molar-refractivity contribution in [1.29, 1.82) is 5.41 Å². The molecule has 1 aromatic heterocycles. The topological polar surface area (TPSA) is 63.7 Å². The van der Waals surface area contributed by atoms with Crippen LogP contribution in [0.3, 0.4) is 0 Å². The third-order valence-corrected chi connectivity index (χ3v) is 5.04. The van der Waals surface area contributed by atoms with Gasteiger partial charge in [0.15, 0.2) is 0 Å². The van der Waals surface area contributed by atoms with E-state index in [2.05, 4.69) is 47.7 Å². The van der Waals surface area contributed by atoms with Crippen LogP contribution in [-0.4, -0.2) is 29.8 Å². The zero-order chi connectivity index (χ0) is 17.6. The van der Waals surface area contributed by atoms with E-state index in [4.69, 9.17) is 5.41 Å². The van der Waals surface area contributed by atoms with Crippen LogP contribution in [0, 0.1) is 5.41 Å². The molecule has 134 valence electrons. The Morgan fingerprint density at radius 3 is 2.76 bits per heavy atom. The molecule has 0 unspecified atom stereocenters. The van der Waals surface area contributed by atoms with E-state index >= 15 is 0 Å². The van der Waals surface area contributed by atoms with Gasteiger partial charge >= 0.3 is 0 Å². The lowest BCUT2D eigenvalue weighted by molar-refractivity contribution is 0.464. The van der Waals surface area contributed by atoms with Gasteiger partial charge in [-0.15, -0.1) is 0 Å². The Kier molecular flexibility index (Phi) is 5.92. The number of aromatic nitrogens is 1. The maximum Gasteiger partial charge on any atom is 0.0681 e. The molecule has 0 fully saturated rings. The lowest BCUT2D eigenvalue weighted by Gasteiger charge is -2.28. The minimum absolute atomic E-state index is 0.522. The number of aromatic amines is 1. The van der Waals surface area contributed by atoms with E-state index in [0.717, 1.165) is 41.5 Å². The fourth-order valence-electron chi connectivity index (χ4n) is 3.78. The molecule has 0 amide bonds. The molecule has 0 saturated carbocycles. The van der Waals surface area contributed by atoms with Gasteiger partial charge in [0.05, 0.1) is 5.71 Å². The van der Waals surface area contributed by atoms with Crippen LogP contribution in [0.1, 0.15) is 51.5 Å². The van der Waals surface area contributed by atoms with E-state index < -0.39 is 0 Å². The van der Waals surface area contributed by atoms with Crippen molar-refractivity contribution >= 4 is 16.6 Å². The number of nitrogens with one attached hydrogen (secondary N) is 4. The molecule has 1 aliphatic heterocycles. The molecule has 4 heteroatoms. The fraction of sp³-hybridized carbons (Fsp3) is 0.476. The second-order valence-corrected chi connectivity index (χ2v) is 6.92. The third-order valence-electron chi connectivity index (χ3n) is 5.04. The number of benzene rings is 1. The molecular formula is C21H30N4. The van der Waals surface area contributed by atoms with Crippen molar-refractivity contribution in [2.24, 2.45) is 0 Å². The van der Waals surface area contributed by atoms with Crippen LogP contribution in [-0.2, 0) is 0 Å². The normalized spacial score (nSPS) is 15.2. The molecule has 0 atom stereocenters. The van der Waals surface area contributed by atoms with Crippen LogP contribution < -0.4 is 10.6 Å². The Balaban J connectivity index is 1.91. The summed E-state index contributed by atoms with van der Waals surface area (Å²) in [5.41, 5.74) is 5.14. The quantitative estimate of drug-likeness (QED) is 0.541. The molecule has 0 aliphatic carbocycles. The number of fused-ring (bicyclic) bond motifs is 1. The highest BCUT2D eigenvalue weighted by Crippen LogP contribution is 2.23. The van der Waals surface area contributed by atoms with Crippen LogP contribution in [0.4, 0.5) is 0 Å². The summed E-state index contributed by atoms with van der Waals surface area (Å²) in [6, 6.07) is 8.75. The van der Waals surface area contributed by atoms with E-state index in [1.54, 1.807) is 0 Å². The molecule has 2 heterocycles. The van der Waals surface area contributed by atoms with E-state index in [-0.39, 0.29) is 0 Å². The smallest absolute Gasteiger partial charge is 0.0681 e. The van der Waals surface area contributed by atoms with Crippen molar-refractivity contribution in [3.8, 4) is 0 Å². The number of hydrogen-bond acceptors (Lipinski definition) is 3. The fourth-order valence-corrected chi connectivity index (χ4v) is 3.78. The van der Waals surface area contributed by atoms with Gasteiger partial charge in [0.2, 0.25) is 0 Å². The third kappa shape index (κ3) is 3.96. The molecule has 25 heavy (non-hydrogen) atoms. The molecule has 0 saturated heterocycles. The van der Waals surface area contributed by atoms with E-state index in [0.29, 0.717) is 11.8 Å². The monoisotopic (exact) mass is 338 g/mol. The Morgan fingerprint density at radius 2 is 2.00 bits per heavy atom. The molecule has 3 rings (SSSR count). The van der Waals surface area contributed by atoms with Gasteiger partial charge in [0.1, 0.15) is 0 Å². The van der Waals surface area contributed by atoms with Gasteiger partial charge in [-0.05, 0) is 25.0 Å². The summed E-state index contributed by atoms with van der Waals surface area (Å²) in [6.45, 7) is 6.25. The first kappa shape index (κ1) is 17.7. The van der Waals surface area contributed by atoms with Crippen molar-refractivity contribution in [1.82, 2.24) is 15.6 Å². The SMILES string of the molecule is CCCC(CCC)NC1=C(C(=N)c2cccc3[nH]ccc23)CNCC1. The zero-order valence-corrected chi connectivity index (χ0v) is 15.4. The van der Waals surface area contributed by atoms with Crippen LogP contribution >= 0.6 is 0 Å². The van der Waals surface area contributed by atoms with Gasteiger partial charge in [-0.2, -0.15) is 0 Å². The highest BCUT2D eigenvalue weighted by atomic mass is 15.0. The van der Waals surface area contributed by atoms with Crippen LogP contribution in [0.25, 0.3) is 10.9 Å². The molecule has 0 spiro atoms. The minimum atomic E-state index is 0.522. The average Bonchev–Trinajstić information content (AvgIpc) is 3.11. The van der Waals surface area contributed by atoms with Gasteiger partial charge in [0.25, 0.3) is 0 Å². The van der Waals surface area contributed by atoms with Crippen molar-refractivity contribution in [2.45, 2.75) is 52.0 Å². The minimum Gasteiger partial charge on any atom is -0.385 e. The van der Waals surface area contributed by atoms with Gasteiger partial charge in [0, 0.05) is 59.5 Å². The maximum atomic E-state index is 8.87. The number of rotatable bonds is 8. The van der Waals surface area contributed by atoms with Gasteiger partial charge in [-0.3, -0.25) is 5.41 Å². The summed E-state index contributed by atoms with van der Waals surface area (Å²) < 4.78 is 0. The summed E-state index contributed by atoms with van der Waals surface area (Å²) in [5, 5.41) is 17.2. The van der Waals surface area contributed by atoms with Crippen molar-refractivity contribution in [2.75, 3.05) is 13.1 Å². The van der Waals surface area contributed by atoms with Gasteiger partial charge < -0.3 is 15.6 Å².